The van der Waals surface area contributed by atoms with Crippen molar-refractivity contribution >= 4 is 29.2 Å². The molecule has 3 aliphatic rings. The van der Waals surface area contributed by atoms with Crippen LogP contribution in [-0.2, 0) is 14.4 Å². The Morgan fingerprint density at radius 2 is 1.69 bits per heavy atom. The second-order valence-corrected chi connectivity index (χ2v) is 8.74. The number of carbonyl (C=O) groups is 3. The molecular weight excluding hydrogens is 416 g/mol. The van der Waals surface area contributed by atoms with Crippen LogP contribution < -0.4 is 5.32 Å². The largest absolute Gasteiger partial charge is 0.481 e. The molecule has 4 atom stereocenters. The van der Waals surface area contributed by atoms with E-state index in [1.54, 1.807) is 6.07 Å². The van der Waals surface area contributed by atoms with Crippen LogP contribution in [0.4, 0.5) is 11.4 Å². The molecule has 172 valence electrons. The smallest absolute Gasteiger partial charge is 0.307 e. The predicted octanol–water partition coefficient (Wildman–Crippen LogP) is 4.10. The zero-order valence-corrected chi connectivity index (χ0v) is 17.7. The number of carbonyl (C=O) groups excluding carboxylic acids is 1. The van der Waals surface area contributed by atoms with Gasteiger partial charge in [0.25, 0.3) is 5.69 Å². The van der Waals surface area contributed by atoms with E-state index in [2.05, 4.69) is 5.32 Å². The number of carboxylic acid groups (broad SMARTS) is 2. The third-order valence-electron chi connectivity index (χ3n) is 6.56. The van der Waals surface area contributed by atoms with Crippen molar-refractivity contribution in [3.05, 3.63) is 46.5 Å². The lowest BCUT2D eigenvalue weighted by Gasteiger charge is -2.23. The number of fused-ring (bicyclic) bond motifs is 2. The molecule has 0 saturated heterocycles. The minimum atomic E-state index is -0.976. The van der Waals surface area contributed by atoms with Gasteiger partial charge in [0.1, 0.15) is 0 Å². The summed E-state index contributed by atoms with van der Waals surface area (Å²) < 4.78 is 0. The van der Waals surface area contributed by atoms with Gasteiger partial charge in [-0.1, -0.05) is 37.5 Å². The second kappa shape index (κ2) is 10.4. The highest BCUT2D eigenvalue weighted by Crippen LogP contribution is 2.48. The van der Waals surface area contributed by atoms with Gasteiger partial charge in [0.2, 0.25) is 5.91 Å². The van der Waals surface area contributed by atoms with Gasteiger partial charge >= 0.3 is 11.9 Å². The fraction of sp³-hybridized carbons (Fsp3) is 0.522. The van der Waals surface area contributed by atoms with Crippen LogP contribution in [0, 0.1) is 39.7 Å². The minimum Gasteiger partial charge on any atom is -0.481 e. The molecule has 0 aromatic heterocycles. The van der Waals surface area contributed by atoms with Gasteiger partial charge in [-0.15, -0.1) is 0 Å². The SMILES string of the molecule is O=C(O)C1C2C=CC(C2)C1C(=O)Nc1cccc([N+](=O)[O-])c1.O=C(O)CC1CCCCC1. The minimum absolute atomic E-state index is 0.0789. The fourth-order valence-electron chi connectivity index (χ4n) is 5.08. The predicted molar refractivity (Wildman–Crippen MR) is 116 cm³/mol. The highest BCUT2D eigenvalue weighted by molar-refractivity contribution is 5.96. The number of nitro benzene ring substituents is 1. The Bertz CT molecular complexity index is 907. The van der Waals surface area contributed by atoms with Crippen LogP contribution in [0.15, 0.2) is 36.4 Å². The number of hydrogen-bond donors (Lipinski definition) is 3. The molecule has 3 N–H and O–H groups in total. The van der Waals surface area contributed by atoms with Crippen molar-refractivity contribution < 1.29 is 29.5 Å². The standard InChI is InChI=1S/C15H14N2O5.C8H14O2/c18-14(16-10-2-1-3-11(7-10)17(21)22)12-8-4-5-9(6-8)13(12)15(19)20;9-8(10)6-7-4-2-1-3-5-7/h1-5,7-9,12-13H,6H2,(H,16,18)(H,19,20);7H,1-6H2,(H,9,10). The van der Waals surface area contributed by atoms with E-state index in [9.17, 15) is 29.6 Å². The third-order valence-corrected chi connectivity index (χ3v) is 6.56. The van der Waals surface area contributed by atoms with Crippen molar-refractivity contribution in [1.29, 1.82) is 0 Å². The van der Waals surface area contributed by atoms with Gasteiger partial charge < -0.3 is 15.5 Å². The maximum Gasteiger partial charge on any atom is 0.307 e. The lowest BCUT2D eigenvalue weighted by atomic mass is 9.82. The van der Waals surface area contributed by atoms with Gasteiger partial charge in [-0.25, -0.2) is 0 Å². The van der Waals surface area contributed by atoms with Gasteiger partial charge in [-0.3, -0.25) is 24.5 Å². The van der Waals surface area contributed by atoms with Crippen LogP contribution in [0.25, 0.3) is 0 Å². The van der Waals surface area contributed by atoms with Gasteiger partial charge in [0, 0.05) is 24.2 Å². The Morgan fingerprint density at radius 3 is 2.28 bits per heavy atom. The molecule has 4 rings (SSSR count). The number of nitrogens with one attached hydrogen (secondary N) is 1. The molecule has 1 aromatic carbocycles. The number of carboxylic acids is 2. The van der Waals surface area contributed by atoms with E-state index in [0.29, 0.717) is 24.4 Å². The molecule has 0 aliphatic heterocycles. The highest BCUT2D eigenvalue weighted by Gasteiger charge is 2.51. The summed E-state index contributed by atoms with van der Waals surface area (Å²) in [7, 11) is 0. The normalized spacial score (nSPS) is 26.1. The van der Waals surface area contributed by atoms with Crippen molar-refractivity contribution in [3.8, 4) is 0 Å². The molecule has 9 nitrogen and oxygen atoms in total. The summed E-state index contributed by atoms with van der Waals surface area (Å²) in [6, 6.07) is 5.61. The number of non-ortho nitro benzene ring substituents is 1. The number of hydrogen-bond acceptors (Lipinski definition) is 5. The summed E-state index contributed by atoms with van der Waals surface area (Å²) in [6.07, 6.45) is 10.8. The summed E-state index contributed by atoms with van der Waals surface area (Å²) in [4.78, 5) is 44.3. The first-order valence-corrected chi connectivity index (χ1v) is 10.9. The van der Waals surface area contributed by atoms with Gasteiger partial charge in [0.05, 0.1) is 16.8 Å². The van der Waals surface area contributed by atoms with Crippen LogP contribution in [-0.4, -0.2) is 33.0 Å². The van der Waals surface area contributed by atoms with Crippen molar-refractivity contribution in [2.24, 2.45) is 29.6 Å². The quantitative estimate of drug-likeness (QED) is 0.340. The Hall–Kier alpha value is -3.23. The third kappa shape index (κ3) is 5.72. The molecule has 4 unspecified atom stereocenters. The summed E-state index contributed by atoms with van der Waals surface area (Å²) in [5.41, 5.74) is 0.176. The first-order valence-electron chi connectivity index (χ1n) is 10.9. The second-order valence-electron chi connectivity index (χ2n) is 8.74. The Morgan fingerprint density at radius 1 is 1.03 bits per heavy atom. The molecule has 0 heterocycles. The number of amides is 1. The fourth-order valence-corrected chi connectivity index (χ4v) is 5.08. The van der Waals surface area contributed by atoms with Crippen molar-refractivity contribution in [3.63, 3.8) is 0 Å². The average Bonchev–Trinajstić information content (AvgIpc) is 3.36. The number of allylic oxidation sites excluding steroid dienone is 2. The van der Waals surface area contributed by atoms with E-state index < -0.39 is 34.6 Å². The lowest BCUT2D eigenvalue weighted by molar-refractivity contribution is -0.384. The molecule has 2 saturated carbocycles. The van der Waals surface area contributed by atoms with E-state index in [-0.39, 0.29) is 17.5 Å². The average molecular weight is 444 g/mol. The molecule has 0 radical (unpaired) electrons. The number of nitro groups is 1. The maximum atomic E-state index is 12.4. The maximum absolute atomic E-state index is 12.4. The molecule has 1 amide bonds. The lowest BCUT2D eigenvalue weighted by Crippen LogP contribution is -2.36. The zero-order valence-electron chi connectivity index (χ0n) is 17.7. The zero-order chi connectivity index (χ0) is 23.3. The van der Waals surface area contributed by atoms with Gasteiger partial charge in [0.15, 0.2) is 0 Å². The topological polar surface area (TPSA) is 147 Å². The van der Waals surface area contributed by atoms with E-state index in [0.717, 1.165) is 12.8 Å². The van der Waals surface area contributed by atoms with Crippen molar-refractivity contribution in [2.75, 3.05) is 5.32 Å². The van der Waals surface area contributed by atoms with Gasteiger partial charge in [-0.2, -0.15) is 0 Å². The Kier molecular flexibility index (Phi) is 7.61. The monoisotopic (exact) mass is 444 g/mol. The summed E-state index contributed by atoms with van der Waals surface area (Å²) in [5, 5.41) is 31.2. The van der Waals surface area contributed by atoms with Crippen LogP contribution in [0.3, 0.4) is 0 Å². The Labute approximate surface area is 185 Å². The number of nitrogens with zero attached hydrogens (tertiary/aromatic N) is 1. The van der Waals surface area contributed by atoms with E-state index in [1.165, 1.54) is 37.5 Å². The number of rotatable bonds is 6. The summed E-state index contributed by atoms with van der Waals surface area (Å²) in [5.74, 6) is -3.08. The number of benzene rings is 1. The van der Waals surface area contributed by atoms with Crippen LogP contribution in [0.1, 0.15) is 44.9 Å². The number of aliphatic carboxylic acids is 2. The first kappa shape index (κ1) is 23.4. The van der Waals surface area contributed by atoms with Crippen molar-refractivity contribution in [1.82, 2.24) is 0 Å². The highest BCUT2D eigenvalue weighted by atomic mass is 16.6. The molecule has 0 spiro atoms. The summed E-state index contributed by atoms with van der Waals surface area (Å²) >= 11 is 0. The molecular formula is C23H28N2O7. The molecule has 32 heavy (non-hydrogen) atoms. The van der Waals surface area contributed by atoms with E-state index >= 15 is 0 Å². The van der Waals surface area contributed by atoms with E-state index in [1.807, 2.05) is 12.2 Å². The summed E-state index contributed by atoms with van der Waals surface area (Å²) in [6.45, 7) is 0. The van der Waals surface area contributed by atoms with Crippen LogP contribution in [0.5, 0.6) is 0 Å². The molecule has 1 aromatic rings. The molecule has 3 aliphatic carbocycles. The van der Waals surface area contributed by atoms with Gasteiger partial charge in [-0.05, 0) is 43.1 Å². The number of anilines is 1. The Balaban J connectivity index is 0.000000243. The first-order chi connectivity index (χ1) is 15.3. The van der Waals surface area contributed by atoms with E-state index in [4.69, 9.17) is 5.11 Å². The molecule has 2 bridgehead atoms. The van der Waals surface area contributed by atoms with Crippen LogP contribution in [0.2, 0.25) is 0 Å². The molecule has 2 fully saturated rings. The van der Waals surface area contributed by atoms with Crippen molar-refractivity contribution in [2.45, 2.75) is 44.9 Å². The van der Waals surface area contributed by atoms with Crippen LogP contribution >= 0.6 is 0 Å². The molecule has 9 heteroatoms.